The van der Waals surface area contributed by atoms with Crippen LogP contribution >= 0.6 is 27.5 Å². The first-order chi connectivity index (χ1) is 9.61. The molecule has 0 amide bonds. The minimum Gasteiger partial charge on any atom is -0.384 e. The SMILES string of the molecule is COCCc1ccc(C(Br)c2ccc(Cl)c(F)c2)cc1. The van der Waals surface area contributed by atoms with Gasteiger partial charge in [-0.3, -0.25) is 0 Å². The topological polar surface area (TPSA) is 9.23 Å². The van der Waals surface area contributed by atoms with Crippen LogP contribution in [0.5, 0.6) is 0 Å². The van der Waals surface area contributed by atoms with Crippen molar-refractivity contribution in [2.24, 2.45) is 0 Å². The van der Waals surface area contributed by atoms with Gasteiger partial charge >= 0.3 is 0 Å². The van der Waals surface area contributed by atoms with Crippen molar-refractivity contribution in [1.82, 2.24) is 0 Å². The van der Waals surface area contributed by atoms with E-state index in [4.69, 9.17) is 16.3 Å². The molecule has 0 aromatic heterocycles. The van der Waals surface area contributed by atoms with E-state index in [2.05, 4.69) is 28.1 Å². The van der Waals surface area contributed by atoms with Crippen molar-refractivity contribution >= 4 is 27.5 Å². The second kappa shape index (κ2) is 7.21. The summed E-state index contributed by atoms with van der Waals surface area (Å²) in [6.45, 7) is 0.708. The average molecular weight is 358 g/mol. The molecule has 0 heterocycles. The largest absolute Gasteiger partial charge is 0.384 e. The molecular weight excluding hydrogens is 343 g/mol. The lowest BCUT2D eigenvalue weighted by Gasteiger charge is -2.12. The fourth-order valence-corrected chi connectivity index (χ4v) is 2.64. The molecule has 1 nitrogen and oxygen atoms in total. The van der Waals surface area contributed by atoms with Gasteiger partial charge in [-0.2, -0.15) is 0 Å². The molecule has 2 rings (SSSR count). The van der Waals surface area contributed by atoms with Gasteiger partial charge in [0.05, 0.1) is 16.5 Å². The molecule has 0 spiro atoms. The lowest BCUT2D eigenvalue weighted by Crippen LogP contribution is -1.97. The Hall–Kier alpha value is -0.900. The van der Waals surface area contributed by atoms with Crippen LogP contribution in [0.4, 0.5) is 4.39 Å². The molecule has 0 saturated heterocycles. The molecule has 1 unspecified atom stereocenters. The Bertz CT molecular complexity index is 571. The first-order valence-electron chi connectivity index (χ1n) is 6.28. The van der Waals surface area contributed by atoms with Gasteiger partial charge in [0.15, 0.2) is 0 Å². The van der Waals surface area contributed by atoms with E-state index in [9.17, 15) is 4.39 Å². The number of rotatable bonds is 5. The van der Waals surface area contributed by atoms with Crippen molar-refractivity contribution < 1.29 is 9.13 Å². The van der Waals surface area contributed by atoms with Gasteiger partial charge in [0.2, 0.25) is 0 Å². The first-order valence-corrected chi connectivity index (χ1v) is 7.58. The van der Waals surface area contributed by atoms with Gasteiger partial charge in [0.1, 0.15) is 5.82 Å². The number of hydrogen-bond acceptors (Lipinski definition) is 1. The number of halogens is 3. The third kappa shape index (κ3) is 3.81. The molecule has 20 heavy (non-hydrogen) atoms. The van der Waals surface area contributed by atoms with E-state index in [1.165, 1.54) is 11.6 Å². The number of alkyl halides is 1. The zero-order valence-corrected chi connectivity index (χ0v) is 13.4. The molecule has 2 aromatic rings. The molecule has 0 radical (unpaired) electrons. The molecule has 1 atom stereocenters. The Morgan fingerprint density at radius 1 is 1.15 bits per heavy atom. The molecule has 2 aromatic carbocycles. The first kappa shape index (κ1) is 15.5. The van der Waals surface area contributed by atoms with E-state index in [-0.39, 0.29) is 9.85 Å². The minimum absolute atomic E-state index is 0.0502. The van der Waals surface area contributed by atoms with E-state index >= 15 is 0 Å². The van der Waals surface area contributed by atoms with E-state index in [1.54, 1.807) is 13.2 Å². The van der Waals surface area contributed by atoms with Gasteiger partial charge in [0, 0.05) is 7.11 Å². The number of benzene rings is 2. The lowest BCUT2D eigenvalue weighted by atomic mass is 10.0. The third-order valence-corrected chi connectivity index (χ3v) is 4.47. The Morgan fingerprint density at radius 3 is 2.40 bits per heavy atom. The van der Waals surface area contributed by atoms with Crippen LogP contribution in [0.15, 0.2) is 42.5 Å². The second-order valence-corrected chi connectivity index (χ2v) is 5.84. The van der Waals surface area contributed by atoms with Crippen molar-refractivity contribution in [3.63, 3.8) is 0 Å². The summed E-state index contributed by atoms with van der Waals surface area (Å²) >= 11 is 9.29. The van der Waals surface area contributed by atoms with Gasteiger partial charge in [0.25, 0.3) is 0 Å². The molecule has 4 heteroatoms. The molecule has 0 saturated carbocycles. The summed E-state index contributed by atoms with van der Waals surface area (Å²) in [5.41, 5.74) is 3.14. The fraction of sp³-hybridized carbons (Fsp3) is 0.250. The van der Waals surface area contributed by atoms with Gasteiger partial charge in [-0.1, -0.05) is 57.9 Å². The summed E-state index contributed by atoms with van der Waals surface area (Å²) in [5, 5.41) is 0.142. The number of hydrogen-bond donors (Lipinski definition) is 0. The Kier molecular flexibility index (Phi) is 5.58. The van der Waals surface area contributed by atoms with Crippen LogP contribution in [-0.2, 0) is 11.2 Å². The smallest absolute Gasteiger partial charge is 0.142 e. The van der Waals surface area contributed by atoms with Gasteiger partial charge in [-0.15, -0.1) is 0 Å². The summed E-state index contributed by atoms with van der Waals surface area (Å²) in [6.07, 6.45) is 0.888. The summed E-state index contributed by atoms with van der Waals surface area (Å²) < 4.78 is 18.5. The molecule has 0 fully saturated rings. The van der Waals surface area contributed by atoms with Crippen molar-refractivity contribution in [3.05, 3.63) is 70.0 Å². The standard InChI is InChI=1S/C16H15BrClFO/c1-20-9-8-11-2-4-12(5-3-11)16(17)13-6-7-14(18)15(19)10-13/h2-7,10,16H,8-9H2,1H3. The van der Waals surface area contributed by atoms with E-state index in [0.717, 1.165) is 17.5 Å². The third-order valence-electron chi connectivity index (χ3n) is 3.10. The highest BCUT2D eigenvalue weighted by molar-refractivity contribution is 9.09. The summed E-state index contributed by atoms with van der Waals surface area (Å²) in [7, 11) is 1.69. The monoisotopic (exact) mass is 356 g/mol. The lowest BCUT2D eigenvalue weighted by molar-refractivity contribution is 0.202. The van der Waals surface area contributed by atoms with Crippen LogP contribution in [-0.4, -0.2) is 13.7 Å². The summed E-state index contributed by atoms with van der Waals surface area (Å²) in [4.78, 5) is -0.0502. The number of methoxy groups -OCH3 is 1. The van der Waals surface area contributed by atoms with Crippen LogP contribution in [0.2, 0.25) is 5.02 Å². The molecule has 0 aliphatic rings. The molecular formula is C16H15BrClFO. The maximum absolute atomic E-state index is 13.5. The van der Waals surface area contributed by atoms with Crippen LogP contribution in [0.25, 0.3) is 0 Å². The van der Waals surface area contributed by atoms with Crippen molar-refractivity contribution in [3.8, 4) is 0 Å². The van der Waals surface area contributed by atoms with Gasteiger partial charge < -0.3 is 4.74 Å². The maximum atomic E-state index is 13.5. The quantitative estimate of drug-likeness (QED) is 0.672. The number of ether oxygens (including phenoxy) is 1. The highest BCUT2D eigenvalue weighted by Gasteiger charge is 2.12. The van der Waals surface area contributed by atoms with E-state index < -0.39 is 5.82 Å². The van der Waals surface area contributed by atoms with Crippen molar-refractivity contribution in [2.75, 3.05) is 13.7 Å². The molecule has 0 N–H and O–H groups in total. The molecule has 0 bridgehead atoms. The zero-order valence-electron chi connectivity index (χ0n) is 11.1. The normalized spacial score (nSPS) is 12.4. The van der Waals surface area contributed by atoms with Crippen LogP contribution < -0.4 is 0 Å². The predicted octanol–water partition coefficient (Wildman–Crippen LogP) is 5.15. The average Bonchev–Trinajstić information content (AvgIpc) is 2.48. The highest BCUT2D eigenvalue weighted by Crippen LogP contribution is 2.32. The summed E-state index contributed by atoms with van der Waals surface area (Å²) in [5.74, 6) is -0.398. The van der Waals surface area contributed by atoms with Crippen molar-refractivity contribution in [1.29, 1.82) is 0 Å². The van der Waals surface area contributed by atoms with Crippen LogP contribution in [0.1, 0.15) is 21.5 Å². The minimum atomic E-state index is -0.398. The Balaban J connectivity index is 2.15. The molecule has 106 valence electrons. The maximum Gasteiger partial charge on any atom is 0.142 e. The zero-order chi connectivity index (χ0) is 14.5. The highest BCUT2D eigenvalue weighted by atomic mass is 79.9. The van der Waals surface area contributed by atoms with E-state index in [0.29, 0.717) is 6.61 Å². The summed E-state index contributed by atoms with van der Waals surface area (Å²) in [6, 6.07) is 13.1. The van der Waals surface area contributed by atoms with E-state index in [1.807, 2.05) is 18.2 Å². The molecule has 0 aliphatic heterocycles. The van der Waals surface area contributed by atoms with Crippen LogP contribution in [0, 0.1) is 5.82 Å². The Morgan fingerprint density at radius 2 is 1.80 bits per heavy atom. The van der Waals surface area contributed by atoms with Crippen molar-refractivity contribution in [2.45, 2.75) is 11.2 Å². The van der Waals surface area contributed by atoms with Gasteiger partial charge in [-0.05, 0) is 35.2 Å². The predicted molar refractivity (Wildman–Crippen MR) is 84.2 cm³/mol. The van der Waals surface area contributed by atoms with Crippen LogP contribution in [0.3, 0.4) is 0 Å². The van der Waals surface area contributed by atoms with Gasteiger partial charge in [-0.25, -0.2) is 4.39 Å². The molecule has 0 aliphatic carbocycles. The second-order valence-electron chi connectivity index (χ2n) is 4.52. The Labute approximate surface area is 131 Å². The fourth-order valence-electron chi connectivity index (χ4n) is 1.94.